The van der Waals surface area contributed by atoms with Crippen LogP contribution in [0.4, 0.5) is 4.39 Å². The molecule has 1 amide bonds. The van der Waals surface area contributed by atoms with E-state index in [0.717, 1.165) is 17.1 Å². The molecule has 0 aliphatic rings. The second-order valence-electron chi connectivity index (χ2n) is 5.41. The molecule has 2 aromatic rings. The van der Waals surface area contributed by atoms with Crippen molar-refractivity contribution in [3.8, 4) is 0 Å². The maximum Gasteiger partial charge on any atom is 0.303 e. The normalized spacial score (nSPS) is 11.9. The van der Waals surface area contributed by atoms with Crippen LogP contribution in [0, 0.1) is 5.82 Å². The highest BCUT2D eigenvalue weighted by molar-refractivity contribution is 7.09. The Morgan fingerprint density at radius 1 is 1.29 bits per heavy atom. The fourth-order valence-corrected chi connectivity index (χ4v) is 3.08. The number of carboxylic acids is 1. The minimum Gasteiger partial charge on any atom is -0.481 e. The van der Waals surface area contributed by atoms with Crippen LogP contribution in [-0.4, -0.2) is 22.0 Å². The first-order valence-corrected chi connectivity index (χ1v) is 8.53. The van der Waals surface area contributed by atoms with Crippen LogP contribution in [0.2, 0.25) is 0 Å². The van der Waals surface area contributed by atoms with E-state index < -0.39 is 17.7 Å². The second kappa shape index (κ2) is 8.54. The Labute approximate surface area is 143 Å². The van der Waals surface area contributed by atoms with Crippen molar-refractivity contribution in [2.24, 2.45) is 0 Å². The Bertz CT molecular complexity index is 700. The number of amides is 1. The van der Waals surface area contributed by atoms with Crippen molar-refractivity contribution in [3.63, 3.8) is 0 Å². The number of hydrogen-bond donors (Lipinski definition) is 2. The summed E-state index contributed by atoms with van der Waals surface area (Å²) in [6.45, 7) is 2.33. The van der Waals surface area contributed by atoms with Crippen LogP contribution < -0.4 is 5.32 Å². The lowest BCUT2D eigenvalue weighted by molar-refractivity contribution is -0.137. The summed E-state index contributed by atoms with van der Waals surface area (Å²) in [5.74, 6) is -2.14. The summed E-state index contributed by atoms with van der Waals surface area (Å²) in [7, 11) is 0. The molecule has 0 saturated heterocycles. The van der Waals surface area contributed by atoms with Gasteiger partial charge in [-0.1, -0.05) is 19.1 Å². The molecular weight excluding hydrogens is 331 g/mol. The summed E-state index contributed by atoms with van der Waals surface area (Å²) in [6, 6.07) is 5.57. The Kier molecular flexibility index (Phi) is 6.43. The number of benzene rings is 1. The maximum atomic E-state index is 13.0. The highest BCUT2D eigenvalue weighted by Gasteiger charge is 2.19. The van der Waals surface area contributed by atoms with Gasteiger partial charge in [0.05, 0.1) is 23.7 Å². The Balaban J connectivity index is 1.96. The first-order valence-electron chi connectivity index (χ1n) is 7.65. The number of aliphatic carboxylic acids is 1. The summed E-state index contributed by atoms with van der Waals surface area (Å²) in [4.78, 5) is 27.5. The number of carbonyl (C=O) groups excluding carboxylic acids is 1. The predicted molar refractivity (Wildman–Crippen MR) is 89.3 cm³/mol. The number of aryl methyl sites for hydroxylation is 1. The van der Waals surface area contributed by atoms with Crippen LogP contribution in [0.25, 0.3) is 0 Å². The number of thiazole rings is 1. The van der Waals surface area contributed by atoms with Crippen LogP contribution in [0.1, 0.15) is 41.9 Å². The lowest BCUT2D eigenvalue weighted by Gasteiger charge is -2.15. The van der Waals surface area contributed by atoms with Crippen molar-refractivity contribution in [2.45, 2.75) is 38.6 Å². The molecule has 2 N–H and O–H groups in total. The summed E-state index contributed by atoms with van der Waals surface area (Å²) in [6.07, 6.45) is 0.697. The van der Waals surface area contributed by atoms with Crippen LogP contribution >= 0.6 is 11.3 Å². The largest absolute Gasteiger partial charge is 0.481 e. The number of nitrogens with one attached hydrogen (secondary N) is 1. The van der Waals surface area contributed by atoms with Gasteiger partial charge in [0.1, 0.15) is 5.82 Å². The van der Waals surface area contributed by atoms with Gasteiger partial charge in [0.2, 0.25) is 5.91 Å². The van der Waals surface area contributed by atoms with Gasteiger partial charge in [-0.25, -0.2) is 9.37 Å². The Morgan fingerprint density at radius 3 is 2.58 bits per heavy atom. The van der Waals surface area contributed by atoms with E-state index in [0.29, 0.717) is 12.1 Å². The average Bonchev–Trinajstić information content (AvgIpc) is 3.01. The molecule has 1 aromatic heterocycles. The van der Waals surface area contributed by atoms with Crippen LogP contribution in [0.15, 0.2) is 29.6 Å². The summed E-state index contributed by atoms with van der Waals surface area (Å²) >= 11 is 1.55. The van der Waals surface area contributed by atoms with Crippen molar-refractivity contribution in [3.05, 3.63) is 51.7 Å². The van der Waals surface area contributed by atoms with Gasteiger partial charge >= 0.3 is 5.97 Å². The molecule has 1 atom stereocenters. The molecule has 2 rings (SSSR count). The first kappa shape index (κ1) is 18.1. The quantitative estimate of drug-likeness (QED) is 0.767. The lowest BCUT2D eigenvalue weighted by Crippen LogP contribution is -2.25. The first-order chi connectivity index (χ1) is 11.5. The third-order valence-electron chi connectivity index (χ3n) is 3.56. The zero-order valence-electron chi connectivity index (χ0n) is 13.3. The number of carboxylic acid groups (broad SMARTS) is 1. The molecule has 0 radical (unpaired) electrons. The molecule has 24 heavy (non-hydrogen) atoms. The van der Waals surface area contributed by atoms with E-state index in [1.807, 2.05) is 12.3 Å². The molecule has 128 valence electrons. The van der Waals surface area contributed by atoms with Gasteiger partial charge < -0.3 is 10.4 Å². The highest BCUT2D eigenvalue weighted by Crippen LogP contribution is 2.24. The van der Waals surface area contributed by atoms with Crippen molar-refractivity contribution in [1.82, 2.24) is 10.3 Å². The van der Waals surface area contributed by atoms with Gasteiger partial charge in [0, 0.05) is 17.7 Å². The number of aromatic nitrogens is 1. The molecule has 0 aliphatic carbocycles. The minimum atomic E-state index is -0.996. The monoisotopic (exact) mass is 350 g/mol. The molecule has 1 aromatic carbocycles. The van der Waals surface area contributed by atoms with E-state index in [9.17, 15) is 14.0 Å². The van der Waals surface area contributed by atoms with E-state index in [2.05, 4.69) is 10.3 Å². The van der Waals surface area contributed by atoms with Gasteiger partial charge in [0.25, 0.3) is 0 Å². The third-order valence-corrected chi connectivity index (χ3v) is 4.60. The maximum absolute atomic E-state index is 13.0. The van der Waals surface area contributed by atoms with Crippen molar-refractivity contribution in [1.29, 1.82) is 0 Å². The smallest absolute Gasteiger partial charge is 0.303 e. The predicted octanol–water partition coefficient (Wildman–Crippen LogP) is 3.11. The molecule has 0 fully saturated rings. The van der Waals surface area contributed by atoms with Crippen molar-refractivity contribution < 1.29 is 19.1 Å². The molecule has 0 spiro atoms. The summed E-state index contributed by atoms with van der Waals surface area (Å²) < 4.78 is 13.0. The van der Waals surface area contributed by atoms with Gasteiger partial charge in [-0.15, -0.1) is 11.3 Å². The average molecular weight is 350 g/mol. The molecular formula is C17H19FN2O3S. The SMILES string of the molecule is CCc1nc(CNC(=O)C[C@H](CC(=O)O)c2ccc(F)cc2)cs1. The number of hydrogen-bond acceptors (Lipinski definition) is 4. The zero-order valence-corrected chi connectivity index (χ0v) is 14.1. The third kappa shape index (κ3) is 5.42. The molecule has 0 aliphatic heterocycles. The van der Waals surface area contributed by atoms with Crippen LogP contribution in [0.5, 0.6) is 0 Å². The van der Waals surface area contributed by atoms with E-state index in [4.69, 9.17) is 5.11 Å². The lowest BCUT2D eigenvalue weighted by atomic mass is 9.92. The molecule has 1 heterocycles. The standard InChI is InChI=1S/C17H19FN2O3S/c1-2-16-20-14(10-24-16)9-19-15(21)7-12(8-17(22)23)11-3-5-13(18)6-4-11/h3-6,10,12H,2,7-9H2,1H3,(H,19,21)(H,22,23)/t12-/m1/s1. The highest BCUT2D eigenvalue weighted by atomic mass is 32.1. The van der Waals surface area contributed by atoms with Crippen LogP contribution in [-0.2, 0) is 22.6 Å². The second-order valence-corrected chi connectivity index (χ2v) is 6.36. The summed E-state index contributed by atoms with van der Waals surface area (Å²) in [5.41, 5.74) is 1.43. The topological polar surface area (TPSA) is 79.3 Å². The Hall–Kier alpha value is -2.28. The molecule has 7 heteroatoms. The molecule has 0 saturated carbocycles. The minimum absolute atomic E-state index is 0.0305. The van der Waals surface area contributed by atoms with Gasteiger partial charge in [-0.2, -0.15) is 0 Å². The van der Waals surface area contributed by atoms with Gasteiger partial charge in [-0.3, -0.25) is 9.59 Å². The van der Waals surface area contributed by atoms with E-state index >= 15 is 0 Å². The fourth-order valence-electron chi connectivity index (χ4n) is 2.33. The van der Waals surface area contributed by atoms with Gasteiger partial charge in [-0.05, 0) is 24.1 Å². The molecule has 0 bridgehead atoms. The van der Waals surface area contributed by atoms with Gasteiger partial charge in [0.15, 0.2) is 0 Å². The van der Waals surface area contributed by atoms with E-state index in [1.54, 1.807) is 11.3 Å². The Morgan fingerprint density at radius 2 is 2.00 bits per heavy atom. The van der Waals surface area contributed by atoms with Crippen molar-refractivity contribution in [2.75, 3.05) is 0 Å². The zero-order chi connectivity index (χ0) is 17.5. The van der Waals surface area contributed by atoms with Crippen LogP contribution in [0.3, 0.4) is 0 Å². The molecule has 0 unspecified atom stereocenters. The molecule has 5 nitrogen and oxygen atoms in total. The van der Waals surface area contributed by atoms with E-state index in [1.165, 1.54) is 24.3 Å². The fraction of sp³-hybridized carbons (Fsp3) is 0.353. The number of rotatable bonds is 8. The number of nitrogens with zero attached hydrogens (tertiary/aromatic N) is 1. The number of carbonyl (C=O) groups is 2. The van der Waals surface area contributed by atoms with E-state index in [-0.39, 0.29) is 18.7 Å². The summed E-state index contributed by atoms with van der Waals surface area (Å²) in [5, 5.41) is 14.7. The number of halogens is 1. The van der Waals surface area contributed by atoms with Crippen molar-refractivity contribution >= 4 is 23.2 Å².